The summed E-state index contributed by atoms with van der Waals surface area (Å²) >= 11 is 0. The second-order valence-corrected chi connectivity index (χ2v) is 8.02. The fourth-order valence-electron chi connectivity index (χ4n) is 2.42. The van der Waals surface area contributed by atoms with Crippen molar-refractivity contribution in [1.82, 2.24) is 5.43 Å². The molecule has 0 spiro atoms. The number of nitrogens with zero attached hydrogens (tertiary/aromatic N) is 2. The van der Waals surface area contributed by atoms with Crippen LogP contribution in [0.4, 0.5) is 18.9 Å². The van der Waals surface area contributed by atoms with Crippen molar-refractivity contribution in [3.05, 3.63) is 59.7 Å². The van der Waals surface area contributed by atoms with Gasteiger partial charge in [-0.2, -0.15) is 18.3 Å². The summed E-state index contributed by atoms with van der Waals surface area (Å²) in [6.45, 7) is 1.69. The fourth-order valence-corrected chi connectivity index (χ4v) is 3.27. The van der Waals surface area contributed by atoms with Crippen LogP contribution in [0.25, 0.3) is 0 Å². The number of anilines is 1. The lowest BCUT2D eigenvalue weighted by Crippen LogP contribution is -2.39. The molecule has 0 aliphatic rings. The topological polar surface area (TPSA) is 88.1 Å². The molecule has 0 bridgehead atoms. The first-order chi connectivity index (χ1) is 14.0. The molecule has 0 aromatic heterocycles. The highest BCUT2D eigenvalue weighted by molar-refractivity contribution is 7.92. The van der Waals surface area contributed by atoms with Gasteiger partial charge in [0.2, 0.25) is 10.0 Å². The Morgan fingerprint density at radius 2 is 1.87 bits per heavy atom. The molecule has 0 unspecified atom stereocenters. The summed E-state index contributed by atoms with van der Waals surface area (Å²) in [7, 11) is -3.78. The van der Waals surface area contributed by atoms with E-state index in [0.29, 0.717) is 12.4 Å². The molecule has 0 fully saturated rings. The Labute approximate surface area is 172 Å². The van der Waals surface area contributed by atoms with E-state index in [0.717, 1.165) is 28.9 Å². The summed E-state index contributed by atoms with van der Waals surface area (Å²) in [5.74, 6) is -0.220. The zero-order valence-corrected chi connectivity index (χ0v) is 17.0. The van der Waals surface area contributed by atoms with Crippen molar-refractivity contribution in [1.29, 1.82) is 0 Å². The molecule has 162 valence electrons. The minimum absolute atomic E-state index is 0.122. The molecule has 2 rings (SSSR count). The van der Waals surface area contributed by atoms with Gasteiger partial charge < -0.3 is 4.74 Å². The van der Waals surface area contributed by atoms with E-state index < -0.39 is 34.2 Å². The van der Waals surface area contributed by atoms with Gasteiger partial charge in [0.25, 0.3) is 5.91 Å². The molecule has 1 amide bonds. The molecule has 30 heavy (non-hydrogen) atoms. The van der Waals surface area contributed by atoms with E-state index in [2.05, 4.69) is 10.5 Å². The molecule has 0 radical (unpaired) electrons. The largest absolute Gasteiger partial charge is 0.494 e. The highest BCUT2D eigenvalue weighted by Crippen LogP contribution is 2.29. The molecular weight excluding hydrogens is 423 g/mol. The number of halogens is 3. The minimum atomic E-state index is -4.50. The van der Waals surface area contributed by atoms with Gasteiger partial charge in [-0.05, 0) is 48.9 Å². The molecule has 0 aliphatic carbocycles. The van der Waals surface area contributed by atoms with Crippen LogP contribution in [0.2, 0.25) is 0 Å². The Morgan fingerprint density at radius 1 is 1.20 bits per heavy atom. The summed E-state index contributed by atoms with van der Waals surface area (Å²) in [5.41, 5.74) is 1.63. The number of hydrazone groups is 1. The molecular formula is C19H20F3N3O4S. The smallest absolute Gasteiger partial charge is 0.416 e. The number of sulfonamides is 1. The third-order valence-corrected chi connectivity index (χ3v) is 4.88. The number of hydrogen-bond acceptors (Lipinski definition) is 5. The first-order valence-corrected chi connectivity index (χ1v) is 10.6. The number of alkyl halides is 3. The summed E-state index contributed by atoms with van der Waals surface area (Å²) in [5, 5.41) is 3.60. The quantitative estimate of drug-likeness (QED) is 0.502. The molecule has 0 heterocycles. The normalized spacial score (nSPS) is 12.0. The Hall–Kier alpha value is -3.08. The molecule has 11 heteroatoms. The zero-order chi connectivity index (χ0) is 22.4. The van der Waals surface area contributed by atoms with E-state index in [9.17, 15) is 26.4 Å². The predicted molar refractivity (Wildman–Crippen MR) is 107 cm³/mol. The number of benzene rings is 2. The van der Waals surface area contributed by atoms with Gasteiger partial charge in [0.05, 0.1) is 30.3 Å². The number of ether oxygens (including phenoxy) is 1. The van der Waals surface area contributed by atoms with Gasteiger partial charge in [0.1, 0.15) is 12.3 Å². The maximum Gasteiger partial charge on any atom is 0.416 e. The zero-order valence-electron chi connectivity index (χ0n) is 16.2. The molecule has 1 N–H and O–H groups in total. The van der Waals surface area contributed by atoms with Crippen molar-refractivity contribution in [2.24, 2.45) is 5.10 Å². The van der Waals surface area contributed by atoms with Crippen LogP contribution in [0.5, 0.6) is 5.75 Å². The standard InChI is InChI=1S/C19H20F3N3O4S/c1-3-29-17-9-7-16(8-10-17)25(30(2,27)28)13-18(26)24-23-12-14-5-4-6-15(11-14)19(20,21)22/h4-12H,3,13H2,1-2H3,(H,24,26)/b23-12-. The number of nitrogens with one attached hydrogen (secondary N) is 1. The molecule has 0 aliphatic heterocycles. The molecule has 0 atom stereocenters. The van der Waals surface area contributed by atoms with E-state index in [-0.39, 0.29) is 11.3 Å². The van der Waals surface area contributed by atoms with Crippen LogP contribution in [0.3, 0.4) is 0 Å². The number of carbonyl (C=O) groups is 1. The average Bonchev–Trinajstić information content (AvgIpc) is 2.66. The second-order valence-electron chi connectivity index (χ2n) is 6.11. The lowest BCUT2D eigenvalue weighted by molar-refractivity contribution is -0.137. The first kappa shape index (κ1) is 23.2. The number of rotatable bonds is 8. The SMILES string of the molecule is CCOc1ccc(N(CC(=O)N/N=C\c2cccc(C(F)(F)F)c2)S(C)(=O)=O)cc1. The van der Waals surface area contributed by atoms with Gasteiger partial charge in [-0.25, -0.2) is 13.8 Å². The van der Waals surface area contributed by atoms with E-state index in [1.807, 2.05) is 0 Å². The summed E-state index contributed by atoms with van der Waals surface area (Å²) in [6.07, 6.45) is -2.52. The van der Waals surface area contributed by atoms with Crippen molar-refractivity contribution < 1.29 is 31.1 Å². The number of hydrogen-bond donors (Lipinski definition) is 1. The van der Waals surface area contributed by atoms with Gasteiger partial charge >= 0.3 is 6.18 Å². The minimum Gasteiger partial charge on any atom is -0.494 e. The van der Waals surface area contributed by atoms with Crippen LogP contribution in [-0.4, -0.2) is 39.9 Å². The van der Waals surface area contributed by atoms with Crippen LogP contribution in [0.15, 0.2) is 53.6 Å². The van der Waals surface area contributed by atoms with E-state index in [1.165, 1.54) is 24.3 Å². The highest BCUT2D eigenvalue weighted by atomic mass is 32.2. The van der Waals surface area contributed by atoms with E-state index >= 15 is 0 Å². The van der Waals surface area contributed by atoms with Gasteiger partial charge in [0.15, 0.2) is 0 Å². The number of amides is 1. The monoisotopic (exact) mass is 443 g/mol. The predicted octanol–water partition coefficient (Wildman–Crippen LogP) is 3.02. The third kappa shape index (κ3) is 6.76. The van der Waals surface area contributed by atoms with Crippen molar-refractivity contribution >= 4 is 27.8 Å². The average molecular weight is 443 g/mol. The summed E-state index contributed by atoms with van der Waals surface area (Å²) in [4.78, 5) is 12.1. The fraction of sp³-hybridized carbons (Fsp3) is 0.263. The first-order valence-electron chi connectivity index (χ1n) is 8.70. The Kier molecular flexibility index (Phi) is 7.43. The van der Waals surface area contributed by atoms with Gasteiger partial charge in [-0.15, -0.1) is 0 Å². The van der Waals surface area contributed by atoms with Crippen LogP contribution < -0.4 is 14.5 Å². The number of carbonyl (C=O) groups excluding carboxylic acids is 1. The van der Waals surface area contributed by atoms with Crippen molar-refractivity contribution in [3.8, 4) is 5.75 Å². The maximum absolute atomic E-state index is 12.7. The molecule has 0 saturated carbocycles. The molecule has 2 aromatic rings. The van der Waals surface area contributed by atoms with Gasteiger partial charge in [-0.1, -0.05) is 12.1 Å². The van der Waals surface area contributed by atoms with Crippen molar-refractivity contribution in [2.45, 2.75) is 13.1 Å². The molecule has 7 nitrogen and oxygen atoms in total. The Morgan fingerprint density at radius 3 is 2.43 bits per heavy atom. The molecule has 2 aromatic carbocycles. The highest BCUT2D eigenvalue weighted by Gasteiger charge is 2.30. The van der Waals surface area contributed by atoms with Gasteiger partial charge in [0, 0.05) is 0 Å². The van der Waals surface area contributed by atoms with Crippen LogP contribution in [-0.2, 0) is 21.0 Å². The Balaban J connectivity index is 2.07. The van der Waals surface area contributed by atoms with Crippen molar-refractivity contribution in [2.75, 3.05) is 23.7 Å². The maximum atomic E-state index is 12.7. The summed E-state index contributed by atoms with van der Waals surface area (Å²) < 4.78 is 68.5. The van der Waals surface area contributed by atoms with Crippen LogP contribution in [0, 0.1) is 0 Å². The summed E-state index contributed by atoms with van der Waals surface area (Å²) in [6, 6.07) is 10.5. The molecule has 0 saturated heterocycles. The van der Waals surface area contributed by atoms with Gasteiger partial charge in [-0.3, -0.25) is 9.10 Å². The van der Waals surface area contributed by atoms with Crippen LogP contribution in [0.1, 0.15) is 18.1 Å². The lowest BCUT2D eigenvalue weighted by atomic mass is 10.1. The van der Waals surface area contributed by atoms with Crippen LogP contribution >= 0.6 is 0 Å². The van der Waals surface area contributed by atoms with Crippen molar-refractivity contribution in [3.63, 3.8) is 0 Å². The Bertz CT molecular complexity index is 1010. The van der Waals surface area contributed by atoms with E-state index in [1.54, 1.807) is 19.1 Å². The lowest BCUT2D eigenvalue weighted by Gasteiger charge is -2.21. The van der Waals surface area contributed by atoms with E-state index in [4.69, 9.17) is 4.74 Å². The second kappa shape index (κ2) is 9.61. The third-order valence-electron chi connectivity index (χ3n) is 3.74.